The molecule has 8 heteroatoms. The molecule has 1 aromatic heterocycles. The highest BCUT2D eigenvalue weighted by atomic mass is 19.1. The summed E-state index contributed by atoms with van der Waals surface area (Å²) in [6.45, 7) is 7.36. The van der Waals surface area contributed by atoms with Crippen molar-refractivity contribution in [3.63, 3.8) is 0 Å². The molecule has 1 aromatic carbocycles. The molecule has 2 N–H and O–H groups in total. The first-order valence-corrected chi connectivity index (χ1v) is 17.2. The zero-order valence-electron chi connectivity index (χ0n) is 27.7. The topological polar surface area (TPSA) is 106 Å². The molecule has 0 radical (unpaired) electrons. The number of aliphatic hydroxyl groups excluding tert-OH is 2. The summed E-state index contributed by atoms with van der Waals surface area (Å²) in [4.78, 5) is 30.6. The number of hydrogen-bond acceptors (Lipinski definition) is 7. The molecule has 1 aliphatic heterocycles. The van der Waals surface area contributed by atoms with Crippen molar-refractivity contribution < 1.29 is 33.7 Å². The van der Waals surface area contributed by atoms with Gasteiger partial charge in [0.15, 0.2) is 29.1 Å². The van der Waals surface area contributed by atoms with Crippen molar-refractivity contribution in [1.29, 1.82) is 0 Å². The fourth-order valence-electron chi connectivity index (χ4n) is 10.0. The molecular formula is C40H50FNO6. The number of nitrogens with zero attached hydrogens (tertiary/aromatic N) is 1. The first-order valence-electron chi connectivity index (χ1n) is 17.2. The molecule has 2 aromatic rings. The van der Waals surface area contributed by atoms with Gasteiger partial charge >= 0.3 is 0 Å². The molecule has 48 heavy (non-hydrogen) atoms. The van der Waals surface area contributed by atoms with Crippen molar-refractivity contribution in [3.8, 4) is 0 Å². The van der Waals surface area contributed by atoms with Gasteiger partial charge in [0.1, 0.15) is 6.61 Å². The summed E-state index contributed by atoms with van der Waals surface area (Å²) >= 11 is 0. The van der Waals surface area contributed by atoms with E-state index >= 15 is 4.39 Å². The lowest BCUT2D eigenvalue weighted by molar-refractivity contribution is -0.231. The molecule has 7 rings (SSSR count). The summed E-state index contributed by atoms with van der Waals surface area (Å²) in [5, 5.41) is 22.0. The Balaban J connectivity index is 0.00000401. The van der Waals surface area contributed by atoms with Crippen molar-refractivity contribution in [3.05, 3.63) is 88.8 Å². The predicted octanol–water partition coefficient (Wildman–Crippen LogP) is 6.40. The van der Waals surface area contributed by atoms with Crippen LogP contribution >= 0.6 is 0 Å². The van der Waals surface area contributed by atoms with E-state index in [2.05, 4.69) is 43.1 Å². The molecule has 5 aliphatic rings. The Bertz CT molecular complexity index is 1620. The number of allylic oxidation sites excluding steroid dienone is 4. The molecule has 4 fully saturated rings. The normalized spacial score (nSPS) is 38.0. The highest BCUT2D eigenvalue weighted by Crippen LogP contribution is 2.72. The van der Waals surface area contributed by atoms with E-state index in [1.165, 1.54) is 23.3 Å². The summed E-state index contributed by atoms with van der Waals surface area (Å²) < 4.78 is 30.7. The van der Waals surface area contributed by atoms with Crippen LogP contribution in [0.25, 0.3) is 0 Å². The molecule has 9 atom stereocenters. The third-order valence-corrected chi connectivity index (χ3v) is 12.4. The van der Waals surface area contributed by atoms with Crippen LogP contribution in [0.5, 0.6) is 0 Å². The molecule has 7 nitrogen and oxygen atoms in total. The number of alkyl halides is 1. The summed E-state index contributed by atoms with van der Waals surface area (Å²) in [5.74, 6) is -0.997. The molecule has 258 valence electrons. The first-order chi connectivity index (χ1) is 22.4. The van der Waals surface area contributed by atoms with E-state index in [4.69, 9.17) is 9.47 Å². The quantitative estimate of drug-likeness (QED) is 0.338. The number of fused-ring (bicyclic) bond motifs is 7. The van der Waals surface area contributed by atoms with Crippen LogP contribution in [0.1, 0.15) is 89.5 Å². The fourth-order valence-corrected chi connectivity index (χ4v) is 10.0. The van der Waals surface area contributed by atoms with Gasteiger partial charge in [-0.25, -0.2) is 4.39 Å². The Morgan fingerprint density at radius 1 is 1.08 bits per heavy atom. The van der Waals surface area contributed by atoms with E-state index in [-0.39, 0.29) is 25.5 Å². The second kappa shape index (κ2) is 12.4. The van der Waals surface area contributed by atoms with Crippen molar-refractivity contribution in [2.75, 3.05) is 6.61 Å². The number of ketones is 2. The Morgan fingerprint density at radius 2 is 1.81 bits per heavy atom. The van der Waals surface area contributed by atoms with Crippen molar-refractivity contribution in [2.24, 2.45) is 28.6 Å². The van der Waals surface area contributed by atoms with Gasteiger partial charge in [-0.15, -0.1) is 0 Å². The number of pyridine rings is 1. The smallest absolute Gasteiger partial charge is 0.193 e. The van der Waals surface area contributed by atoms with Gasteiger partial charge < -0.3 is 19.7 Å². The molecule has 0 unspecified atom stereocenters. The Hall–Kier alpha value is -3.04. The lowest BCUT2D eigenvalue weighted by Crippen LogP contribution is -2.69. The van der Waals surface area contributed by atoms with Crippen LogP contribution < -0.4 is 0 Å². The summed E-state index contributed by atoms with van der Waals surface area (Å²) in [6.07, 6.45) is 7.22. The van der Waals surface area contributed by atoms with E-state index in [9.17, 15) is 19.8 Å². The molecule has 4 aliphatic carbocycles. The molecule has 0 amide bonds. The Kier molecular flexibility index (Phi) is 8.98. The maximum Gasteiger partial charge on any atom is 0.193 e. The molecule has 0 bridgehead atoms. The average molecular weight is 660 g/mol. The number of rotatable bonds is 8. The molecule has 2 heterocycles. The highest BCUT2D eigenvalue weighted by molar-refractivity contribution is 6.01. The van der Waals surface area contributed by atoms with Crippen molar-refractivity contribution >= 4 is 11.6 Å². The van der Waals surface area contributed by atoms with E-state index in [1.807, 2.05) is 19.1 Å². The minimum atomic E-state index is -2.03. The second-order valence-corrected chi connectivity index (χ2v) is 15.4. The number of hydrogen-bond donors (Lipinski definition) is 2. The third kappa shape index (κ3) is 5.00. The van der Waals surface area contributed by atoms with Crippen LogP contribution in [-0.4, -0.2) is 56.8 Å². The number of carbonyl (C=O) groups is 2. The maximum atomic E-state index is 17.6. The van der Waals surface area contributed by atoms with Crippen LogP contribution in [-0.2, 0) is 38.3 Å². The third-order valence-electron chi connectivity index (χ3n) is 12.4. The van der Waals surface area contributed by atoms with Crippen LogP contribution in [0.4, 0.5) is 4.39 Å². The van der Waals surface area contributed by atoms with E-state index < -0.39 is 58.9 Å². The summed E-state index contributed by atoms with van der Waals surface area (Å²) in [6, 6.07) is 12.6. The van der Waals surface area contributed by atoms with Crippen LogP contribution in [0.3, 0.4) is 0 Å². The Morgan fingerprint density at radius 3 is 2.48 bits per heavy atom. The molecular weight excluding hydrogens is 609 g/mol. The zero-order chi connectivity index (χ0) is 33.4. The average Bonchev–Trinajstić information content (AvgIpc) is 3.54. The van der Waals surface area contributed by atoms with Gasteiger partial charge in [-0.2, -0.15) is 0 Å². The predicted molar refractivity (Wildman–Crippen MR) is 181 cm³/mol. The van der Waals surface area contributed by atoms with E-state index in [0.29, 0.717) is 36.3 Å². The van der Waals surface area contributed by atoms with Crippen LogP contribution in [0.2, 0.25) is 0 Å². The second-order valence-electron chi connectivity index (χ2n) is 15.4. The minimum Gasteiger partial charge on any atom is -0.390 e. The number of aliphatic hydroxyl groups is 2. The first kappa shape index (κ1) is 34.8. The number of aromatic nitrogens is 1. The fraction of sp³-hybridized carbons (Fsp3) is 0.575. The van der Waals surface area contributed by atoms with Gasteiger partial charge in [-0.1, -0.05) is 70.2 Å². The maximum absolute atomic E-state index is 17.6. The van der Waals surface area contributed by atoms with E-state index in [1.54, 1.807) is 19.2 Å². The monoisotopic (exact) mass is 659 g/mol. The van der Waals surface area contributed by atoms with Gasteiger partial charge in [0.05, 0.1) is 12.2 Å². The van der Waals surface area contributed by atoms with Gasteiger partial charge in [0.2, 0.25) is 0 Å². The van der Waals surface area contributed by atoms with Gasteiger partial charge in [-0.05, 0) is 93.1 Å². The van der Waals surface area contributed by atoms with Gasteiger partial charge in [-0.3, -0.25) is 14.6 Å². The molecule has 0 spiro atoms. The lowest BCUT2D eigenvalue weighted by atomic mass is 9.44. The number of halogens is 1. The van der Waals surface area contributed by atoms with Crippen LogP contribution in [0.15, 0.2) is 66.4 Å². The molecule has 3 saturated carbocycles. The van der Waals surface area contributed by atoms with Gasteiger partial charge in [0, 0.05) is 34.2 Å². The van der Waals surface area contributed by atoms with Crippen molar-refractivity contribution in [1.82, 2.24) is 4.98 Å². The lowest BCUT2D eigenvalue weighted by Gasteiger charge is -2.62. The molecule has 1 saturated heterocycles. The van der Waals surface area contributed by atoms with Gasteiger partial charge in [0.25, 0.3) is 0 Å². The SMILES string of the molecule is C.CC(C)Cc1ccc(CCc2ccc([C@@H]3O[C@@H]4C[C@H]5[C@@H]6CCC7=CC(=O)C=C[C@]7(C)[C@@]6(F)[C@@H](O)C[C@]5(C)[C@]4(C(=O)CO)O3)cn2)cc1. The summed E-state index contributed by atoms with van der Waals surface area (Å²) in [5.41, 5.74) is -0.806. The Labute approximate surface area is 283 Å². The minimum absolute atomic E-state index is 0. The number of aryl methyl sites for hydroxylation is 2. The standard InChI is InChI=1S/C39H46FNO6.CH4/c1-23(2)17-25-7-5-24(6-8-25)9-12-28-13-10-26(21-41-28)35-46-34-19-31-30-14-11-27-18-29(43)15-16-36(27,3)38(30,40)32(44)20-37(31,4)39(34,47-35)33(45)22-42;/h5-8,10,13,15-16,18,21,23,30-32,34-35,42,44H,9,11-12,14,17,19-20,22H2,1-4H3;1H4/t30-,31-,32-,34+,35+,36-,37-,38-,39+;/m0./s1. The number of Topliss-reactive ketones (excluding diaryl/α,β-unsaturated/α-hetero) is 1. The largest absolute Gasteiger partial charge is 0.390 e. The zero-order valence-corrected chi connectivity index (χ0v) is 27.7. The van der Waals surface area contributed by atoms with Crippen LogP contribution in [0, 0.1) is 28.6 Å². The number of carbonyl (C=O) groups excluding carboxylic acids is 2. The highest BCUT2D eigenvalue weighted by Gasteiger charge is 2.79. The number of ether oxygens (including phenoxy) is 2. The number of benzene rings is 1. The summed E-state index contributed by atoms with van der Waals surface area (Å²) in [7, 11) is 0. The van der Waals surface area contributed by atoms with Crippen molar-refractivity contribution in [2.45, 2.75) is 110 Å². The van der Waals surface area contributed by atoms with E-state index in [0.717, 1.165) is 25.0 Å².